The Balaban J connectivity index is 1.17. The molecule has 186 valence electrons. The monoisotopic (exact) mass is 503 g/mol. The van der Waals surface area contributed by atoms with Crippen molar-refractivity contribution in [2.24, 2.45) is 16.3 Å². The number of aromatic nitrogens is 2. The number of hydrogen-bond acceptors (Lipinski definition) is 8. The van der Waals surface area contributed by atoms with E-state index in [-0.39, 0.29) is 17.4 Å². The van der Waals surface area contributed by atoms with E-state index in [1.807, 2.05) is 25.0 Å². The summed E-state index contributed by atoms with van der Waals surface area (Å²) in [5.41, 5.74) is 4.69. The second-order valence-corrected chi connectivity index (χ2v) is 11.9. The maximum absolute atomic E-state index is 13.2. The Labute approximate surface area is 213 Å². The van der Waals surface area contributed by atoms with E-state index >= 15 is 0 Å². The van der Waals surface area contributed by atoms with Crippen LogP contribution in [0.2, 0.25) is 0 Å². The number of thiophene rings is 1. The minimum Gasteiger partial charge on any atom is -0.489 e. The second kappa shape index (κ2) is 8.24. The predicted octanol–water partition coefficient (Wildman–Crippen LogP) is 4.12. The quantitative estimate of drug-likeness (QED) is 0.564. The standard InChI is InChI=1S/C27H29N5O3S/c1-15(2)35-21-6-18-9-28-8-17(18)5-20(21)31-24-23-19-4-3-16(7-22(19)36-25(23)30-14-29-24)26(33)32-10-27(11-32)12-34-13-27/h5-6,8,14-16H,3-4,7,9-13H2,1-2H3,(H,29,30,31)/t16-/m0/s1. The normalized spacial score (nSPS) is 21.3. The van der Waals surface area contributed by atoms with Crippen LogP contribution in [0.4, 0.5) is 11.5 Å². The molecule has 1 spiro atoms. The number of carbonyl (C=O) groups excluding carboxylic acids is 1. The average molecular weight is 504 g/mol. The third-order valence-corrected chi connectivity index (χ3v) is 8.89. The van der Waals surface area contributed by atoms with Crippen molar-refractivity contribution in [2.45, 2.75) is 45.8 Å². The summed E-state index contributed by atoms with van der Waals surface area (Å²) in [6, 6.07) is 4.18. The molecule has 7 rings (SSSR count). The van der Waals surface area contributed by atoms with E-state index in [0.717, 1.165) is 78.6 Å². The summed E-state index contributed by atoms with van der Waals surface area (Å²) >= 11 is 1.70. The van der Waals surface area contributed by atoms with Gasteiger partial charge < -0.3 is 19.7 Å². The maximum Gasteiger partial charge on any atom is 0.226 e. The molecule has 5 heterocycles. The smallest absolute Gasteiger partial charge is 0.226 e. The van der Waals surface area contributed by atoms with E-state index in [0.29, 0.717) is 12.5 Å². The van der Waals surface area contributed by atoms with Crippen LogP contribution in [0, 0.1) is 11.3 Å². The number of likely N-dealkylation sites (tertiary alicyclic amines) is 1. The number of aryl methyl sites for hydroxylation is 1. The van der Waals surface area contributed by atoms with Gasteiger partial charge in [0.25, 0.3) is 0 Å². The Morgan fingerprint density at radius 2 is 2.14 bits per heavy atom. The SMILES string of the molecule is CC(C)Oc1cc2c(cc1Nc1ncnc3sc4c(c13)CC[C@H](C(=O)N1CC3(COC3)C1)C4)C=NC2. The van der Waals surface area contributed by atoms with E-state index in [4.69, 9.17) is 9.47 Å². The highest BCUT2D eigenvalue weighted by atomic mass is 32.1. The van der Waals surface area contributed by atoms with Crippen LogP contribution >= 0.6 is 11.3 Å². The van der Waals surface area contributed by atoms with Crippen molar-refractivity contribution in [3.05, 3.63) is 40.0 Å². The number of hydrogen-bond donors (Lipinski definition) is 1. The first-order valence-electron chi connectivity index (χ1n) is 12.7. The van der Waals surface area contributed by atoms with Gasteiger partial charge in [-0.25, -0.2) is 9.97 Å². The molecule has 0 unspecified atom stereocenters. The number of carbonyl (C=O) groups is 1. The van der Waals surface area contributed by atoms with Crippen molar-refractivity contribution in [3.8, 4) is 5.75 Å². The number of amides is 1. The van der Waals surface area contributed by atoms with Gasteiger partial charge in [0.2, 0.25) is 5.91 Å². The average Bonchev–Trinajstić information content (AvgIpc) is 3.40. The van der Waals surface area contributed by atoms with Crippen LogP contribution < -0.4 is 10.1 Å². The zero-order chi connectivity index (χ0) is 24.4. The summed E-state index contributed by atoms with van der Waals surface area (Å²) < 4.78 is 11.5. The fraction of sp³-hybridized carbons (Fsp3) is 0.481. The van der Waals surface area contributed by atoms with Crippen molar-refractivity contribution >= 4 is 45.2 Å². The van der Waals surface area contributed by atoms with Crippen molar-refractivity contribution in [1.29, 1.82) is 0 Å². The molecule has 3 aromatic rings. The lowest BCUT2D eigenvalue weighted by Crippen LogP contribution is -2.68. The molecular formula is C27H29N5O3S. The van der Waals surface area contributed by atoms with Crippen LogP contribution in [0.5, 0.6) is 5.75 Å². The fourth-order valence-electron chi connectivity index (χ4n) is 5.88. The first kappa shape index (κ1) is 22.2. The summed E-state index contributed by atoms with van der Waals surface area (Å²) in [5, 5.41) is 4.63. The molecule has 2 aromatic heterocycles. The summed E-state index contributed by atoms with van der Waals surface area (Å²) in [7, 11) is 0. The van der Waals surface area contributed by atoms with Crippen LogP contribution in [-0.2, 0) is 28.9 Å². The van der Waals surface area contributed by atoms with Crippen molar-refractivity contribution in [1.82, 2.24) is 14.9 Å². The predicted molar refractivity (Wildman–Crippen MR) is 140 cm³/mol. The van der Waals surface area contributed by atoms with Crippen LogP contribution in [0.1, 0.15) is 41.8 Å². The van der Waals surface area contributed by atoms with Crippen LogP contribution in [0.15, 0.2) is 23.5 Å². The molecule has 0 saturated carbocycles. The largest absolute Gasteiger partial charge is 0.489 e. The van der Waals surface area contributed by atoms with E-state index in [9.17, 15) is 4.79 Å². The summed E-state index contributed by atoms with van der Waals surface area (Å²) in [6.07, 6.45) is 6.10. The molecule has 1 amide bonds. The number of nitrogens with zero attached hydrogens (tertiary/aromatic N) is 4. The molecule has 8 nitrogen and oxygen atoms in total. The molecule has 3 aliphatic heterocycles. The molecule has 1 aromatic carbocycles. The lowest BCUT2D eigenvalue weighted by Gasteiger charge is -2.55. The maximum atomic E-state index is 13.2. The highest BCUT2D eigenvalue weighted by molar-refractivity contribution is 7.19. The Kier molecular flexibility index (Phi) is 5.08. The van der Waals surface area contributed by atoms with Gasteiger partial charge in [-0.2, -0.15) is 0 Å². The molecule has 1 atom stereocenters. The summed E-state index contributed by atoms with van der Waals surface area (Å²) in [5.74, 6) is 1.95. The van der Waals surface area contributed by atoms with Gasteiger partial charge in [0.15, 0.2) is 0 Å². The van der Waals surface area contributed by atoms with Gasteiger partial charge in [-0.3, -0.25) is 9.79 Å². The number of fused-ring (bicyclic) bond motifs is 4. The Bertz CT molecular complexity index is 1400. The second-order valence-electron chi connectivity index (χ2n) is 10.8. The molecular weight excluding hydrogens is 474 g/mol. The Morgan fingerprint density at radius 1 is 1.28 bits per heavy atom. The van der Waals surface area contributed by atoms with Gasteiger partial charge in [0, 0.05) is 30.1 Å². The lowest BCUT2D eigenvalue weighted by atomic mass is 9.76. The first-order chi connectivity index (χ1) is 17.5. The van der Waals surface area contributed by atoms with E-state index < -0.39 is 0 Å². The summed E-state index contributed by atoms with van der Waals surface area (Å²) in [4.78, 5) is 31.1. The van der Waals surface area contributed by atoms with Crippen molar-refractivity contribution in [2.75, 3.05) is 31.6 Å². The molecule has 0 bridgehead atoms. The zero-order valence-electron chi connectivity index (χ0n) is 20.5. The van der Waals surface area contributed by atoms with Crippen molar-refractivity contribution < 1.29 is 14.3 Å². The first-order valence-corrected chi connectivity index (χ1v) is 13.5. The number of nitrogens with one attached hydrogen (secondary N) is 1. The van der Waals surface area contributed by atoms with Gasteiger partial charge in [-0.05, 0) is 61.9 Å². The third kappa shape index (κ3) is 3.59. The van der Waals surface area contributed by atoms with Gasteiger partial charge in [-0.15, -0.1) is 11.3 Å². The minimum absolute atomic E-state index is 0.0512. The number of ether oxygens (including phenoxy) is 2. The van der Waals surface area contributed by atoms with Gasteiger partial charge in [0.05, 0.1) is 42.4 Å². The van der Waals surface area contributed by atoms with Gasteiger partial charge in [-0.1, -0.05) is 0 Å². The molecule has 2 fully saturated rings. The zero-order valence-corrected chi connectivity index (χ0v) is 21.4. The lowest BCUT2D eigenvalue weighted by molar-refractivity contribution is -0.197. The van der Waals surface area contributed by atoms with Crippen molar-refractivity contribution in [3.63, 3.8) is 0 Å². The third-order valence-electron chi connectivity index (χ3n) is 7.72. The molecule has 1 N–H and O–H groups in total. The summed E-state index contributed by atoms with van der Waals surface area (Å²) in [6.45, 7) is 8.06. The van der Waals surface area contributed by atoms with E-state index in [1.54, 1.807) is 17.7 Å². The Morgan fingerprint density at radius 3 is 2.92 bits per heavy atom. The number of benzene rings is 1. The minimum atomic E-state index is 0.0512. The van der Waals surface area contributed by atoms with Gasteiger partial charge in [0.1, 0.15) is 22.7 Å². The molecule has 1 aliphatic carbocycles. The fourth-order valence-corrected chi connectivity index (χ4v) is 7.15. The molecule has 0 radical (unpaired) electrons. The molecule has 4 aliphatic rings. The van der Waals surface area contributed by atoms with Crippen LogP contribution in [0.25, 0.3) is 10.2 Å². The highest BCUT2D eigenvalue weighted by Crippen LogP contribution is 2.44. The van der Waals surface area contributed by atoms with Crippen LogP contribution in [0.3, 0.4) is 0 Å². The van der Waals surface area contributed by atoms with Gasteiger partial charge >= 0.3 is 0 Å². The highest BCUT2D eigenvalue weighted by Gasteiger charge is 2.51. The molecule has 36 heavy (non-hydrogen) atoms. The molecule has 2 saturated heterocycles. The molecule has 9 heteroatoms. The topological polar surface area (TPSA) is 88.9 Å². The van der Waals surface area contributed by atoms with E-state index in [1.165, 1.54) is 16.0 Å². The Hall–Kier alpha value is -3.04. The van der Waals surface area contributed by atoms with E-state index in [2.05, 4.69) is 32.4 Å². The number of aliphatic imine (C=N–C) groups is 1. The van der Waals surface area contributed by atoms with Crippen LogP contribution in [-0.4, -0.2) is 59.4 Å². The number of rotatable bonds is 5. The number of anilines is 2.